The molecule has 4 heterocycles. The maximum atomic E-state index is 13.9. The lowest BCUT2D eigenvalue weighted by atomic mass is 9.98. The van der Waals surface area contributed by atoms with Gasteiger partial charge in [0.2, 0.25) is 0 Å². The van der Waals surface area contributed by atoms with Crippen LogP contribution in [-0.4, -0.2) is 41.7 Å². The van der Waals surface area contributed by atoms with E-state index in [-0.39, 0.29) is 5.56 Å². The average Bonchev–Trinajstić information content (AvgIpc) is 3.70. The summed E-state index contributed by atoms with van der Waals surface area (Å²) in [5.41, 5.74) is 5.18. The summed E-state index contributed by atoms with van der Waals surface area (Å²) in [6.45, 7) is 4.48. The number of nitrogens with one attached hydrogen (secondary N) is 1. The van der Waals surface area contributed by atoms with Crippen LogP contribution in [0, 0.1) is 6.92 Å². The first-order valence-electron chi connectivity index (χ1n) is 14.1. The molecule has 40 heavy (non-hydrogen) atoms. The first-order valence-corrected chi connectivity index (χ1v) is 14.5. The zero-order valence-electron chi connectivity index (χ0n) is 22.9. The number of thiocarbonyl (C=S) groups is 1. The van der Waals surface area contributed by atoms with Crippen LogP contribution in [0.5, 0.6) is 0 Å². The highest BCUT2D eigenvalue weighted by Crippen LogP contribution is 2.38. The summed E-state index contributed by atoms with van der Waals surface area (Å²) in [5, 5.41) is 3.85. The largest absolute Gasteiger partial charge is 0.439 e. The quantitative estimate of drug-likeness (QED) is 0.304. The van der Waals surface area contributed by atoms with Crippen LogP contribution in [0.2, 0.25) is 0 Å². The molecule has 2 aliphatic rings. The highest BCUT2D eigenvalue weighted by molar-refractivity contribution is 7.80. The molecule has 2 saturated heterocycles. The zero-order chi connectivity index (χ0) is 27.8. The second-order valence-corrected chi connectivity index (χ2v) is 11.3. The Hall–Kier alpha value is -3.85. The summed E-state index contributed by atoms with van der Waals surface area (Å²) in [5.74, 6) is 0.608. The van der Waals surface area contributed by atoms with Gasteiger partial charge in [0.25, 0.3) is 5.56 Å². The van der Waals surface area contributed by atoms with Crippen molar-refractivity contribution in [1.82, 2.24) is 24.6 Å². The Balaban J connectivity index is 1.29. The number of aromatic nitrogens is 4. The predicted molar refractivity (Wildman–Crippen MR) is 159 cm³/mol. The van der Waals surface area contributed by atoms with Crippen molar-refractivity contribution in [2.24, 2.45) is 0 Å². The molecule has 4 aromatic rings. The van der Waals surface area contributed by atoms with Gasteiger partial charge in [-0.25, -0.2) is 9.78 Å². The number of benzene rings is 2. The van der Waals surface area contributed by atoms with Gasteiger partial charge in [-0.3, -0.25) is 18.9 Å². The van der Waals surface area contributed by atoms with Gasteiger partial charge in [-0.1, -0.05) is 72.8 Å². The molecule has 0 unspecified atom stereocenters. The molecule has 0 radical (unpaired) electrons. The molecule has 2 aromatic heterocycles. The van der Waals surface area contributed by atoms with Crippen molar-refractivity contribution in [2.75, 3.05) is 0 Å². The van der Waals surface area contributed by atoms with Gasteiger partial charge in [-0.2, -0.15) is 0 Å². The van der Waals surface area contributed by atoms with Crippen LogP contribution < -0.4 is 11.3 Å². The van der Waals surface area contributed by atoms with Crippen LogP contribution in [0.15, 0.2) is 62.6 Å². The Morgan fingerprint density at radius 3 is 2.33 bits per heavy atom. The number of aromatic amines is 1. The van der Waals surface area contributed by atoms with Gasteiger partial charge in [-0.15, -0.1) is 0 Å². The normalized spacial score (nSPS) is 18.0. The van der Waals surface area contributed by atoms with E-state index in [0.717, 1.165) is 51.6 Å². The van der Waals surface area contributed by atoms with Gasteiger partial charge in [-0.05, 0) is 55.7 Å². The third-order valence-corrected chi connectivity index (χ3v) is 8.67. The van der Waals surface area contributed by atoms with E-state index in [1.54, 1.807) is 0 Å². The molecule has 0 saturated carbocycles. The second-order valence-electron chi connectivity index (χ2n) is 10.9. The molecule has 9 heteroatoms. The van der Waals surface area contributed by atoms with E-state index in [1.165, 1.54) is 25.7 Å². The summed E-state index contributed by atoms with van der Waals surface area (Å²) in [6, 6.07) is 16.9. The minimum Gasteiger partial charge on any atom is -0.360 e. The van der Waals surface area contributed by atoms with Crippen LogP contribution in [0.25, 0.3) is 22.5 Å². The van der Waals surface area contributed by atoms with E-state index < -0.39 is 5.76 Å². The molecule has 2 bridgehead atoms. The average molecular weight is 556 g/mol. The van der Waals surface area contributed by atoms with Gasteiger partial charge in [0.1, 0.15) is 5.82 Å². The maximum Gasteiger partial charge on any atom is 0.439 e. The molecule has 0 atom stereocenters. The molecule has 1 N–H and O–H groups in total. The molecule has 2 aliphatic heterocycles. The Labute approximate surface area is 238 Å². The summed E-state index contributed by atoms with van der Waals surface area (Å²) >= 11 is 5.89. The molecule has 206 valence electrons. The molecule has 0 spiro atoms. The molecule has 0 aliphatic carbocycles. The lowest BCUT2D eigenvalue weighted by molar-refractivity contribution is 0.388. The third kappa shape index (κ3) is 4.94. The minimum absolute atomic E-state index is 0.00857. The number of H-pyrrole nitrogens is 1. The fraction of sp³-hybridized carbons (Fsp3) is 0.387. The Morgan fingerprint density at radius 1 is 1.02 bits per heavy atom. The van der Waals surface area contributed by atoms with Crippen LogP contribution >= 0.6 is 12.2 Å². The SMILES string of the molecule is CCCc1nc(C)c(CC(=S)N2C3CCC2CC3)c(=O)n1Cc1ccc(-c2ccccc2-c2noc(=O)[nH]2)cc1. The van der Waals surface area contributed by atoms with Crippen molar-refractivity contribution in [3.8, 4) is 22.5 Å². The van der Waals surface area contributed by atoms with Crippen molar-refractivity contribution in [3.05, 3.63) is 92.1 Å². The fourth-order valence-electron chi connectivity index (χ4n) is 6.36. The molecule has 8 nitrogen and oxygen atoms in total. The Bertz CT molecular complexity index is 1650. The number of fused-ring (bicyclic) bond motifs is 2. The van der Waals surface area contributed by atoms with E-state index in [0.29, 0.717) is 36.4 Å². The monoisotopic (exact) mass is 555 g/mol. The lowest BCUT2D eigenvalue weighted by Crippen LogP contribution is -2.38. The molecule has 2 fully saturated rings. The Morgan fingerprint density at radius 2 is 1.70 bits per heavy atom. The standard InChI is InChI=1S/C31H33N5O3S/c1-3-6-27-32-19(2)26(17-28(40)36-22-13-14-23(36)16-15-22)30(37)35(27)18-20-9-11-21(12-10-20)24-7-4-5-8-25(24)29-33-31(38)39-34-29/h4-5,7-12,22-23H,3,6,13-18H2,1-2H3,(H,33,34,38). The van der Waals surface area contributed by atoms with E-state index >= 15 is 0 Å². The predicted octanol–water partition coefficient (Wildman–Crippen LogP) is 5.06. The molecular weight excluding hydrogens is 522 g/mol. The van der Waals surface area contributed by atoms with Crippen molar-refractivity contribution in [2.45, 2.75) is 77.4 Å². The molecular formula is C31H33N5O3S. The first kappa shape index (κ1) is 26.4. The minimum atomic E-state index is -0.590. The zero-order valence-corrected chi connectivity index (χ0v) is 23.7. The van der Waals surface area contributed by atoms with Gasteiger partial charge >= 0.3 is 5.76 Å². The lowest BCUT2D eigenvalue weighted by Gasteiger charge is -2.25. The fourth-order valence-corrected chi connectivity index (χ4v) is 6.80. The molecule has 6 rings (SSSR count). The van der Waals surface area contributed by atoms with Crippen LogP contribution in [0.1, 0.15) is 61.7 Å². The summed E-state index contributed by atoms with van der Waals surface area (Å²) in [7, 11) is 0. The Kier molecular flexibility index (Phi) is 7.23. The third-order valence-electron chi connectivity index (χ3n) is 8.32. The van der Waals surface area contributed by atoms with Crippen molar-refractivity contribution in [3.63, 3.8) is 0 Å². The summed E-state index contributed by atoms with van der Waals surface area (Å²) < 4.78 is 6.54. The van der Waals surface area contributed by atoms with Crippen LogP contribution in [0.3, 0.4) is 0 Å². The number of rotatable bonds is 8. The van der Waals surface area contributed by atoms with Crippen molar-refractivity contribution >= 4 is 17.2 Å². The second kappa shape index (κ2) is 11.0. The first-order chi connectivity index (χ1) is 19.4. The van der Waals surface area contributed by atoms with Crippen LogP contribution in [-0.2, 0) is 19.4 Å². The van der Waals surface area contributed by atoms with Gasteiger partial charge in [0.05, 0.1) is 11.5 Å². The van der Waals surface area contributed by atoms with Gasteiger partial charge < -0.3 is 4.90 Å². The van der Waals surface area contributed by atoms with E-state index in [1.807, 2.05) is 60.0 Å². The smallest absolute Gasteiger partial charge is 0.360 e. The molecule has 2 aromatic carbocycles. The van der Waals surface area contributed by atoms with Crippen molar-refractivity contribution in [1.29, 1.82) is 0 Å². The number of hydrogen-bond donors (Lipinski definition) is 1. The maximum absolute atomic E-state index is 13.9. The van der Waals surface area contributed by atoms with E-state index in [9.17, 15) is 9.59 Å². The van der Waals surface area contributed by atoms with E-state index in [4.69, 9.17) is 21.7 Å². The van der Waals surface area contributed by atoms with E-state index in [2.05, 4.69) is 22.0 Å². The summed E-state index contributed by atoms with van der Waals surface area (Å²) in [4.78, 5) is 36.2. The summed E-state index contributed by atoms with van der Waals surface area (Å²) in [6.07, 6.45) is 6.94. The highest BCUT2D eigenvalue weighted by Gasteiger charge is 2.40. The van der Waals surface area contributed by atoms with Gasteiger partial charge in [0, 0.05) is 41.7 Å². The van der Waals surface area contributed by atoms with Gasteiger partial charge in [0.15, 0.2) is 5.82 Å². The number of aryl methyl sites for hydroxylation is 2. The topological polar surface area (TPSA) is 97.0 Å². The highest BCUT2D eigenvalue weighted by atomic mass is 32.1. The molecule has 0 amide bonds. The van der Waals surface area contributed by atoms with Crippen LogP contribution in [0.4, 0.5) is 0 Å². The number of hydrogen-bond acceptors (Lipinski definition) is 6. The van der Waals surface area contributed by atoms with Crippen molar-refractivity contribution < 1.29 is 4.52 Å². The number of nitrogens with zero attached hydrogens (tertiary/aromatic N) is 4.